The Morgan fingerprint density at radius 2 is 2.12 bits per heavy atom. The third-order valence-electron chi connectivity index (χ3n) is 3.12. The highest BCUT2D eigenvalue weighted by Gasteiger charge is 2.11. The van der Waals surface area contributed by atoms with Crippen molar-refractivity contribution in [3.05, 3.63) is 47.3 Å². The van der Waals surface area contributed by atoms with Crippen molar-refractivity contribution in [2.45, 2.75) is 25.8 Å². The lowest BCUT2D eigenvalue weighted by Gasteiger charge is -2.12. The lowest BCUT2D eigenvalue weighted by molar-refractivity contribution is 0.576. The van der Waals surface area contributed by atoms with E-state index >= 15 is 0 Å². The van der Waals surface area contributed by atoms with Crippen LogP contribution in [0.4, 0.5) is 0 Å². The van der Waals surface area contributed by atoms with Crippen LogP contribution >= 0.6 is 0 Å². The minimum atomic E-state index is -0.00499. The molecule has 4 nitrogen and oxygen atoms in total. The average Bonchev–Trinajstić information content (AvgIpc) is 2.74. The van der Waals surface area contributed by atoms with E-state index in [0.717, 1.165) is 18.5 Å². The molecule has 0 amide bonds. The summed E-state index contributed by atoms with van der Waals surface area (Å²) in [6.07, 6.45) is 3.63. The Balaban J connectivity index is 2.00. The SMILES string of the molecule is Cc1ccccc1CCC(N)c1cnnn1C. The summed E-state index contributed by atoms with van der Waals surface area (Å²) in [5, 5.41) is 7.75. The second kappa shape index (κ2) is 5.10. The van der Waals surface area contributed by atoms with Gasteiger partial charge >= 0.3 is 0 Å². The summed E-state index contributed by atoms with van der Waals surface area (Å²) in [7, 11) is 1.87. The molecule has 0 aliphatic carbocycles. The molecular weight excluding hydrogens is 212 g/mol. The summed E-state index contributed by atoms with van der Waals surface area (Å²) in [5.74, 6) is 0. The minimum absolute atomic E-state index is 0.00499. The number of hydrogen-bond acceptors (Lipinski definition) is 3. The van der Waals surface area contributed by atoms with Crippen molar-refractivity contribution < 1.29 is 0 Å². The molecule has 0 bridgehead atoms. The van der Waals surface area contributed by atoms with Crippen LogP contribution in [0.3, 0.4) is 0 Å². The van der Waals surface area contributed by atoms with Gasteiger partial charge in [-0.1, -0.05) is 29.5 Å². The maximum Gasteiger partial charge on any atom is 0.0751 e. The summed E-state index contributed by atoms with van der Waals surface area (Å²) >= 11 is 0. The minimum Gasteiger partial charge on any atom is -0.323 e. The molecule has 0 saturated heterocycles. The van der Waals surface area contributed by atoms with Gasteiger partial charge in [0.25, 0.3) is 0 Å². The molecule has 4 heteroatoms. The van der Waals surface area contributed by atoms with Crippen molar-refractivity contribution in [2.24, 2.45) is 12.8 Å². The first kappa shape index (κ1) is 11.8. The van der Waals surface area contributed by atoms with Gasteiger partial charge in [0.2, 0.25) is 0 Å². The first-order valence-electron chi connectivity index (χ1n) is 5.83. The highest BCUT2D eigenvalue weighted by Crippen LogP contribution is 2.17. The van der Waals surface area contributed by atoms with E-state index in [9.17, 15) is 0 Å². The van der Waals surface area contributed by atoms with Crippen LogP contribution in [-0.2, 0) is 13.5 Å². The Morgan fingerprint density at radius 3 is 2.76 bits per heavy atom. The smallest absolute Gasteiger partial charge is 0.0751 e. The number of rotatable bonds is 4. The van der Waals surface area contributed by atoms with Gasteiger partial charge in [0.05, 0.1) is 11.9 Å². The molecule has 0 radical (unpaired) electrons. The van der Waals surface area contributed by atoms with E-state index in [0.29, 0.717) is 0 Å². The van der Waals surface area contributed by atoms with Gasteiger partial charge < -0.3 is 5.73 Å². The van der Waals surface area contributed by atoms with Gasteiger partial charge in [0.15, 0.2) is 0 Å². The van der Waals surface area contributed by atoms with Crippen LogP contribution in [0, 0.1) is 6.92 Å². The Hall–Kier alpha value is -1.68. The molecular formula is C13H18N4. The Labute approximate surface area is 101 Å². The zero-order valence-corrected chi connectivity index (χ0v) is 10.3. The Morgan fingerprint density at radius 1 is 1.35 bits per heavy atom. The van der Waals surface area contributed by atoms with Crippen molar-refractivity contribution >= 4 is 0 Å². The number of benzene rings is 1. The van der Waals surface area contributed by atoms with Crippen molar-refractivity contribution in [1.29, 1.82) is 0 Å². The van der Waals surface area contributed by atoms with Crippen LogP contribution in [0.2, 0.25) is 0 Å². The van der Waals surface area contributed by atoms with E-state index in [1.165, 1.54) is 11.1 Å². The number of aromatic nitrogens is 3. The first-order chi connectivity index (χ1) is 8.18. The summed E-state index contributed by atoms with van der Waals surface area (Å²) < 4.78 is 1.74. The summed E-state index contributed by atoms with van der Waals surface area (Å²) in [4.78, 5) is 0. The predicted octanol–water partition coefficient (Wildman–Crippen LogP) is 1.76. The molecule has 17 heavy (non-hydrogen) atoms. The van der Waals surface area contributed by atoms with Crippen molar-refractivity contribution in [1.82, 2.24) is 15.0 Å². The van der Waals surface area contributed by atoms with Crippen molar-refractivity contribution in [2.75, 3.05) is 0 Å². The third-order valence-corrected chi connectivity index (χ3v) is 3.12. The van der Waals surface area contributed by atoms with Gasteiger partial charge in [0, 0.05) is 13.1 Å². The third kappa shape index (κ3) is 2.71. The highest BCUT2D eigenvalue weighted by molar-refractivity contribution is 5.25. The number of aryl methyl sites for hydroxylation is 3. The van der Waals surface area contributed by atoms with Gasteiger partial charge in [-0.25, -0.2) is 0 Å². The van der Waals surface area contributed by atoms with Gasteiger partial charge in [0.1, 0.15) is 0 Å². The van der Waals surface area contributed by atoms with E-state index in [4.69, 9.17) is 5.73 Å². The Kier molecular flexibility index (Phi) is 3.54. The molecule has 2 rings (SSSR count). The Bertz CT molecular complexity index is 490. The van der Waals surface area contributed by atoms with Gasteiger partial charge in [-0.15, -0.1) is 5.10 Å². The molecule has 0 spiro atoms. The molecule has 1 aromatic carbocycles. The molecule has 1 aromatic heterocycles. The molecule has 1 atom stereocenters. The lowest BCUT2D eigenvalue weighted by atomic mass is 10.0. The largest absolute Gasteiger partial charge is 0.323 e. The van der Waals surface area contributed by atoms with Gasteiger partial charge in [-0.2, -0.15) is 0 Å². The highest BCUT2D eigenvalue weighted by atomic mass is 15.4. The topological polar surface area (TPSA) is 56.7 Å². The van der Waals surface area contributed by atoms with Crippen LogP contribution in [-0.4, -0.2) is 15.0 Å². The fourth-order valence-electron chi connectivity index (χ4n) is 1.98. The quantitative estimate of drug-likeness (QED) is 0.870. The molecule has 90 valence electrons. The lowest BCUT2D eigenvalue weighted by Crippen LogP contribution is -2.15. The number of nitrogens with two attached hydrogens (primary N) is 1. The van der Waals surface area contributed by atoms with E-state index in [1.807, 2.05) is 7.05 Å². The molecule has 2 aromatic rings. The van der Waals surface area contributed by atoms with E-state index < -0.39 is 0 Å². The number of hydrogen-bond donors (Lipinski definition) is 1. The molecule has 0 fully saturated rings. The zero-order valence-electron chi connectivity index (χ0n) is 10.3. The fraction of sp³-hybridized carbons (Fsp3) is 0.385. The van der Waals surface area contributed by atoms with Crippen molar-refractivity contribution in [3.63, 3.8) is 0 Å². The van der Waals surface area contributed by atoms with E-state index in [1.54, 1.807) is 10.9 Å². The second-order valence-electron chi connectivity index (χ2n) is 4.35. The van der Waals surface area contributed by atoms with Crippen LogP contribution in [0.1, 0.15) is 29.3 Å². The molecule has 2 N–H and O–H groups in total. The normalized spacial score (nSPS) is 12.6. The van der Waals surface area contributed by atoms with Crippen LogP contribution in [0.15, 0.2) is 30.5 Å². The van der Waals surface area contributed by atoms with E-state index in [2.05, 4.69) is 41.5 Å². The maximum absolute atomic E-state index is 6.14. The average molecular weight is 230 g/mol. The van der Waals surface area contributed by atoms with Crippen LogP contribution in [0.5, 0.6) is 0 Å². The van der Waals surface area contributed by atoms with Crippen molar-refractivity contribution in [3.8, 4) is 0 Å². The molecule has 0 aliphatic heterocycles. The second-order valence-corrected chi connectivity index (χ2v) is 4.35. The standard InChI is InChI=1S/C13H18N4/c1-10-5-3-4-6-11(10)7-8-12(14)13-9-15-16-17(13)2/h3-6,9,12H,7-8,14H2,1-2H3. The first-order valence-corrected chi connectivity index (χ1v) is 5.83. The molecule has 0 aliphatic rings. The van der Waals surface area contributed by atoms with E-state index in [-0.39, 0.29) is 6.04 Å². The zero-order chi connectivity index (χ0) is 12.3. The fourth-order valence-corrected chi connectivity index (χ4v) is 1.98. The number of nitrogens with zero attached hydrogens (tertiary/aromatic N) is 3. The van der Waals surface area contributed by atoms with Gasteiger partial charge in [-0.3, -0.25) is 4.68 Å². The maximum atomic E-state index is 6.14. The molecule has 1 heterocycles. The molecule has 1 unspecified atom stereocenters. The van der Waals surface area contributed by atoms with Gasteiger partial charge in [-0.05, 0) is 30.9 Å². The molecule has 0 saturated carbocycles. The van der Waals surface area contributed by atoms with Crippen LogP contribution in [0.25, 0.3) is 0 Å². The van der Waals surface area contributed by atoms with Crippen LogP contribution < -0.4 is 5.73 Å². The summed E-state index contributed by atoms with van der Waals surface area (Å²) in [6, 6.07) is 8.41. The summed E-state index contributed by atoms with van der Waals surface area (Å²) in [6.45, 7) is 2.13. The predicted molar refractivity (Wildman–Crippen MR) is 67.4 cm³/mol. The summed E-state index contributed by atoms with van der Waals surface area (Å²) in [5.41, 5.74) is 9.80. The monoisotopic (exact) mass is 230 g/mol.